The summed E-state index contributed by atoms with van der Waals surface area (Å²) in [5.74, 6) is 0. The highest BCUT2D eigenvalue weighted by Gasteiger charge is 2.22. The van der Waals surface area contributed by atoms with Gasteiger partial charge in [-0.05, 0) is 50.6 Å². The number of nitrogens with zero attached hydrogens (tertiary/aromatic N) is 3. The number of hydrogen-bond acceptors (Lipinski definition) is 7. The lowest BCUT2D eigenvalue weighted by molar-refractivity contribution is -0.384. The van der Waals surface area contributed by atoms with Crippen molar-refractivity contribution in [2.24, 2.45) is 5.10 Å². The number of nitrogens with one attached hydrogen (secondary N) is 2. The minimum absolute atomic E-state index is 0.0682. The maximum absolute atomic E-state index is 12.8. The van der Waals surface area contributed by atoms with Crippen molar-refractivity contribution in [3.63, 3.8) is 0 Å². The van der Waals surface area contributed by atoms with Crippen molar-refractivity contribution in [2.45, 2.75) is 25.7 Å². The Bertz CT molecular complexity index is 1260. The quantitative estimate of drug-likeness (QED) is 0.322. The second-order valence-electron chi connectivity index (χ2n) is 6.91. The minimum atomic E-state index is -4.02. The topological polar surface area (TPSA) is 127 Å². The second kappa shape index (κ2) is 8.92. The highest BCUT2D eigenvalue weighted by atomic mass is 32.2. The Balaban J connectivity index is 1.90. The van der Waals surface area contributed by atoms with Crippen LogP contribution in [-0.4, -0.2) is 24.0 Å². The van der Waals surface area contributed by atoms with E-state index in [1.165, 1.54) is 12.1 Å². The van der Waals surface area contributed by atoms with Crippen molar-refractivity contribution in [1.82, 2.24) is 4.98 Å². The van der Waals surface area contributed by atoms with Gasteiger partial charge in [0.05, 0.1) is 21.2 Å². The second-order valence-corrected chi connectivity index (χ2v) is 8.59. The van der Waals surface area contributed by atoms with E-state index in [0.717, 1.165) is 22.8 Å². The average Bonchev–Trinajstić information content (AvgIpc) is 2.74. The van der Waals surface area contributed by atoms with Crippen LogP contribution in [-0.2, 0) is 10.0 Å². The van der Waals surface area contributed by atoms with E-state index in [2.05, 4.69) is 20.2 Å². The highest BCUT2D eigenvalue weighted by molar-refractivity contribution is 7.92. The van der Waals surface area contributed by atoms with Gasteiger partial charge in [-0.15, -0.1) is 0 Å². The van der Waals surface area contributed by atoms with Gasteiger partial charge in [-0.1, -0.05) is 23.8 Å². The monoisotopic (exact) mass is 439 g/mol. The number of nitro groups is 1. The van der Waals surface area contributed by atoms with E-state index >= 15 is 0 Å². The van der Waals surface area contributed by atoms with E-state index in [1.807, 2.05) is 13.0 Å². The third-order valence-corrected chi connectivity index (χ3v) is 5.89. The van der Waals surface area contributed by atoms with E-state index in [0.29, 0.717) is 11.4 Å². The van der Waals surface area contributed by atoms with Crippen LogP contribution in [0.3, 0.4) is 0 Å². The van der Waals surface area contributed by atoms with E-state index in [-0.39, 0.29) is 10.6 Å². The van der Waals surface area contributed by atoms with Gasteiger partial charge in [-0.3, -0.25) is 25.2 Å². The fourth-order valence-electron chi connectivity index (χ4n) is 2.84. The largest absolute Gasteiger partial charge is 0.295 e. The number of rotatable bonds is 7. The fraction of sp³-hybridized carbons (Fsp3) is 0.143. The molecule has 3 rings (SSSR count). The van der Waals surface area contributed by atoms with E-state index in [4.69, 9.17) is 0 Å². The lowest BCUT2D eigenvalue weighted by Gasteiger charge is -2.12. The molecule has 0 atom stereocenters. The molecule has 0 saturated heterocycles. The molecular formula is C21H21N5O4S. The van der Waals surface area contributed by atoms with Crippen LogP contribution in [0, 0.1) is 24.0 Å². The summed E-state index contributed by atoms with van der Waals surface area (Å²) in [5, 5.41) is 15.7. The maximum atomic E-state index is 12.8. The first kappa shape index (κ1) is 21.9. The molecule has 0 bridgehead atoms. The van der Waals surface area contributed by atoms with E-state index in [1.54, 1.807) is 50.5 Å². The van der Waals surface area contributed by atoms with Gasteiger partial charge in [0, 0.05) is 24.0 Å². The molecule has 0 unspecified atom stereocenters. The Morgan fingerprint density at radius 2 is 1.84 bits per heavy atom. The Hall–Kier alpha value is -3.79. The molecule has 0 spiro atoms. The van der Waals surface area contributed by atoms with Crippen LogP contribution in [0.4, 0.5) is 17.1 Å². The number of sulfonamides is 1. The number of anilines is 2. The van der Waals surface area contributed by atoms with Gasteiger partial charge in [0.2, 0.25) is 0 Å². The van der Waals surface area contributed by atoms with Crippen LogP contribution >= 0.6 is 0 Å². The van der Waals surface area contributed by atoms with Crippen molar-refractivity contribution in [1.29, 1.82) is 0 Å². The molecule has 0 amide bonds. The van der Waals surface area contributed by atoms with Crippen molar-refractivity contribution in [2.75, 3.05) is 10.1 Å². The molecule has 0 fully saturated rings. The third-order valence-electron chi connectivity index (χ3n) is 4.53. The molecule has 9 nitrogen and oxygen atoms in total. The molecule has 2 N–H and O–H groups in total. The number of pyridine rings is 1. The summed E-state index contributed by atoms with van der Waals surface area (Å²) in [6.45, 7) is 5.41. The summed E-state index contributed by atoms with van der Waals surface area (Å²) in [5.41, 5.74) is 5.76. The van der Waals surface area contributed by atoms with Crippen LogP contribution in [0.2, 0.25) is 0 Å². The number of nitro benzene ring substituents is 1. The third kappa shape index (κ3) is 5.23. The highest BCUT2D eigenvalue weighted by Crippen LogP contribution is 2.29. The van der Waals surface area contributed by atoms with Crippen molar-refractivity contribution >= 4 is 32.8 Å². The minimum Gasteiger partial charge on any atom is -0.279 e. The fourth-order valence-corrected chi connectivity index (χ4v) is 3.99. The number of benzene rings is 2. The van der Waals surface area contributed by atoms with Crippen LogP contribution in [0.15, 0.2) is 70.9 Å². The van der Waals surface area contributed by atoms with Crippen molar-refractivity contribution < 1.29 is 13.3 Å². The summed E-state index contributed by atoms with van der Waals surface area (Å²) in [6.07, 6.45) is 3.24. The van der Waals surface area contributed by atoms with Crippen molar-refractivity contribution in [3.05, 3.63) is 87.7 Å². The van der Waals surface area contributed by atoms with Crippen LogP contribution in [0.5, 0.6) is 0 Å². The molecule has 3 aromatic rings. The van der Waals surface area contributed by atoms with Gasteiger partial charge in [0.15, 0.2) is 0 Å². The predicted molar refractivity (Wildman–Crippen MR) is 120 cm³/mol. The van der Waals surface area contributed by atoms with Gasteiger partial charge in [-0.25, -0.2) is 8.42 Å². The van der Waals surface area contributed by atoms with Gasteiger partial charge in [-0.2, -0.15) is 5.10 Å². The molecule has 0 saturated carbocycles. The zero-order chi connectivity index (χ0) is 22.6. The molecule has 0 aliphatic rings. The van der Waals surface area contributed by atoms with E-state index in [9.17, 15) is 18.5 Å². The molecule has 0 radical (unpaired) electrons. The Morgan fingerprint density at radius 1 is 1.10 bits per heavy atom. The Morgan fingerprint density at radius 3 is 2.48 bits per heavy atom. The standard InChI is InChI=1S/C21H21N5O4S/c1-14-6-8-19(15(2)11-14)25-31(29,30)18-7-9-20(21(12-18)26(27)28)24-23-16(3)17-5-4-10-22-13-17/h4-13,24-25H,1-3H3/b23-16-. The lowest BCUT2D eigenvalue weighted by Crippen LogP contribution is -2.14. The van der Waals surface area contributed by atoms with Crippen LogP contribution in [0.25, 0.3) is 0 Å². The first-order valence-corrected chi connectivity index (χ1v) is 10.7. The molecular weight excluding hydrogens is 418 g/mol. The molecule has 2 aromatic carbocycles. The first-order chi connectivity index (χ1) is 14.7. The number of hydrazone groups is 1. The summed E-state index contributed by atoms with van der Waals surface area (Å²) in [4.78, 5) is 14.7. The number of aryl methyl sites for hydroxylation is 2. The number of hydrogen-bond donors (Lipinski definition) is 2. The zero-order valence-corrected chi connectivity index (χ0v) is 18.0. The van der Waals surface area contributed by atoms with Crippen LogP contribution < -0.4 is 10.1 Å². The van der Waals surface area contributed by atoms with Gasteiger partial charge in [0.1, 0.15) is 5.69 Å². The Kier molecular flexibility index (Phi) is 6.30. The maximum Gasteiger partial charge on any atom is 0.295 e. The molecule has 10 heteroatoms. The van der Waals surface area contributed by atoms with E-state index < -0.39 is 20.6 Å². The Labute approximate surface area is 180 Å². The molecule has 1 aromatic heterocycles. The van der Waals surface area contributed by atoms with Gasteiger partial charge in [0.25, 0.3) is 15.7 Å². The summed E-state index contributed by atoms with van der Waals surface area (Å²) < 4.78 is 28.1. The molecule has 1 heterocycles. The molecule has 160 valence electrons. The normalized spacial score (nSPS) is 11.8. The van der Waals surface area contributed by atoms with Gasteiger partial charge < -0.3 is 0 Å². The summed E-state index contributed by atoms with van der Waals surface area (Å²) in [6, 6.07) is 12.4. The summed E-state index contributed by atoms with van der Waals surface area (Å²) >= 11 is 0. The summed E-state index contributed by atoms with van der Waals surface area (Å²) in [7, 11) is -4.02. The smallest absolute Gasteiger partial charge is 0.279 e. The van der Waals surface area contributed by atoms with Crippen LogP contribution in [0.1, 0.15) is 23.6 Å². The van der Waals surface area contributed by atoms with Crippen molar-refractivity contribution in [3.8, 4) is 0 Å². The predicted octanol–water partition coefficient (Wildman–Crippen LogP) is 4.24. The molecule has 0 aliphatic carbocycles. The molecule has 31 heavy (non-hydrogen) atoms. The molecule has 0 aliphatic heterocycles. The number of aromatic nitrogens is 1. The first-order valence-electron chi connectivity index (χ1n) is 9.26. The SMILES string of the molecule is C/C(=N/Nc1ccc(S(=O)(=O)Nc2ccc(C)cc2C)cc1[N+](=O)[O-])c1cccnc1. The average molecular weight is 439 g/mol. The zero-order valence-electron chi connectivity index (χ0n) is 17.2. The van der Waals surface area contributed by atoms with Gasteiger partial charge >= 0.3 is 0 Å². The lowest BCUT2D eigenvalue weighted by atomic mass is 10.1.